The van der Waals surface area contributed by atoms with Crippen LogP contribution in [0.15, 0.2) is 22.6 Å². The summed E-state index contributed by atoms with van der Waals surface area (Å²) >= 11 is 0. The molecule has 0 unspecified atom stereocenters. The van der Waals surface area contributed by atoms with Gasteiger partial charge < -0.3 is 14.1 Å². The summed E-state index contributed by atoms with van der Waals surface area (Å²) in [5, 5.41) is 7.09. The van der Waals surface area contributed by atoms with E-state index >= 15 is 0 Å². The Morgan fingerprint density at radius 1 is 1.26 bits per heavy atom. The van der Waals surface area contributed by atoms with Crippen LogP contribution in [0.1, 0.15) is 29.1 Å². The predicted molar refractivity (Wildman–Crippen MR) is 81.8 cm³/mol. The Morgan fingerprint density at radius 2 is 2.00 bits per heavy atom. The number of furan rings is 1. The fourth-order valence-corrected chi connectivity index (χ4v) is 4.42. The van der Waals surface area contributed by atoms with E-state index in [1.807, 2.05) is 24.0 Å². The Morgan fingerprint density at radius 3 is 2.65 bits per heavy atom. The molecule has 2 aromatic heterocycles. The number of aromatic amines is 1. The number of H-pyrrole nitrogens is 1. The van der Waals surface area contributed by atoms with Gasteiger partial charge >= 0.3 is 0 Å². The first-order valence-electron chi connectivity index (χ1n) is 8.26. The lowest BCUT2D eigenvalue weighted by molar-refractivity contribution is 0.0591. The minimum Gasteiger partial charge on any atom is -0.460 e. The van der Waals surface area contributed by atoms with Gasteiger partial charge in [0.05, 0.1) is 12.2 Å². The molecule has 0 aromatic carbocycles. The molecule has 3 aliphatic rings. The van der Waals surface area contributed by atoms with Gasteiger partial charge in [-0.05, 0) is 31.9 Å². The molecule has 0 saturated carbocycles. The number of fused-ring (bicyclic) bond motifs is 5. The number of rotatable bonds is 2. The summed E-state index contributed by atoms with van der Waals surface area (Å²) in [6, 6.07) is 5.56. The second-order valence-electron chi connectivity index (χ2n) is 6.91. The van der Waals surface area contributed by atoms with Gasteiger partial charge in [0.25, 0.3) is 5.91 Å². The van der Waals surface area contributed by atoms with E-state index in [9.17, 15) is 4.79 Å². The highest BCUT2D eigenvalue weighted by molar-refractivity contribution is 5.93. The Balaban J connectivity index is 1.35. The number of carbonyl (C=O) groups is 1. The van der Waals surface area contributed by atoms with E-state index in [-0.39, 0.29) is 5.91 Å². The van der Waals surface area contributed by atoms with Gasteiger partial charge in [-0.15, -0.1) is 0 Å². The zero-order valence-electron chi connectivity index (χ0n) is 13.0. The molecule has 120 valence electrons. The topological polar surface area (TPSA) is 71.4 Å². The number of nitrogens with one attached hydrogen (secondary N) is 1. The van der Waals surface area contributed by atoms with E-state index in [1.54, 1.807) is 6.07 Å². The van der Waals surface area contributed by atoms with Crippen molar-refractivity contribution in [1.82, 2.24) is 15.1 Å². The minimum absolute atomic E-state index is 0.00424. The smallest absolute Gasteiger partial charge is 0.274 e. The molecule has 3 fully saturated rings. The van der Waals surface area contributed by atoms with Gasteiger partial charge in [-0.2, -0.15) is 5.10 Å². The van der Waals surface area contributed by atoms with Gasteiger partial charge in [0.1, 0.15) is 11.5 Å². The lowest BCUT2D eigenvalue weighted by Crippen LogP contribution is -2.31. The summed E-state index contributed by atoms with van der Waals surface area (Å²) < 4.78 is 11.5. The summed E-state index contributed by atoms with van der Waals surface area (Å²) in [4.78, 5) is 14.7. The van der Waals surface area contributed by atoms with Crippen molar-refractivity contribution >= 4 is 5.91 Å². The molecule has 5 heterocycles. The Kier molecular flexibility index (Phi) is 2.74. The first kappa shape index (κ1) is 13.4. The summed E-state index contributed by atoms with van der Waals surface area (Å²) in [7, 11) is 0. The Labute approximate surface area is 133 Å². The third-order valence-corrected chi connectivity index (χ3v) is 5.54. The van der Waals surface area contributed by atoms with Crippen molar-refractivity contribution in [3.8, 4) is 11.5 Å². The molecule has 6 heteroatoms. The lowest BCUT2D eigenvalue weighted by atomic mass is 9.82. The fourth-order valence-electron chi connectivity index (χ4n) is 4.42. The second kappa shape index (κ2) is 4.71. The van der Waals surface area contributed by atoms with Crippen molar-refractivity contribution in [3.63, 3.8) is 0 Å². The number of aromatic nitrogens is 2. The minimum atomic E-state index is 0.00424. The molecule has 6 nitrogen and oxygen atoms in total. The van der Waals surface area contributed by atoms with Crippen LogP contribution in [-0.4, -0.2) is 46.3 Å². The third-order valence-electron chi connectivity index (χ3n) is 5.54. The molecule has 23 heavy (non-hydrogen) atoms. The van der Waals surface area contributed by atoms with Crippen LogP contribution >= 0.6 is 0 Å². The summed E-state index contributed by atoms with van der Waals surface area (Å²) in [6.45, 7) is 3.49. The van der Waals surface area contributed by atoms with Crippen LogP contribution in [0.2, 0.25) is 0 Å². The number of likely N-dealkylation sites (tertiary alicyclic amines) is 1. The molecule has 3 saturated heterocycles. The first-order valence-corrected chi connectivity index (χ1v) is 8.26. The van der Waals surface area contributed by atoms with Gasteiger partial charge in [-0.1, -0.05) is 0 Å². The molecule has 2 bridgehead atoms. The fraction of sp³-hybridized carbons (Fsp3) is 0.529. The second-order valence-corrected chi connectivity index (χ2v) is 6.91. The van der Waals surface area contributed by atoms with Gasteiger partial charge in [-0.25, -0.2) is 0 Å². The monoisotopic (exact) mass is 313 g/mol. The van der Waals surface area contributed by atoms with E-state index < -0.39 is 0 Å². The summed E-state index contributed by atoms with van der Waals surface area (Å²) in [5.41, 5.74) is 1.20. The van der Waals surface area contributed by atoms with Crippen molar-refractivity contribution in [2.75, 3.05) is 13.1 Å². The van der Waals surface area contributed by atoms with E-state index in [2.05, 4.69) is 10.2 Å². The van der Waals surface area contributed by atoms with Crippen LogP contribution in [-0.2, 0) is 4.74 Å². The van der Waals surface area contributed by atoms with E-state index in [1.165, 1.54) is 0 Å². The predicted octanol–water partition coefficient (Wildman–Crippen LogP) is 2.23. The maximum absolute atomic E-state index is 12.7. The van der Waals surface area contributed by atoms with Gasteiger partial charge in [-0.3, -0.25) is 9.89 Å². The molecule has 4 atom stereocenters. The highest BCUT2D eigenvalue weighted by atomic mass is 16.5. The van der Waals surface area contributed by atoms with Crippen LogP contribution < -0.4 is 0 Å². The molecule has 0 aliphatic carbocycles. The average Bonchev–Trinajstić information content (AvgIpc) is 3.31. The van der Waals surface area contributed by atoms with Crippen molar-refractivity contribution < 1.29 is 13.9 Å². The van der Waals surface area contributed by atoms with Crippen LogP contribution in [0.5, 0.6) is 0 Å². The highest BCUT2D eigenvalue weighted by Crippen LogP contribution is 2.47. The van der Waals surface area contributed by atoms with Crippen molar-refractivity contribution in [3.05, 3.63) is 29.7 Å². The number of ether oxygens (including phenoxy) is 1. The van der Waals surface area contributed by atoms with Gasteiger partial charge in [0.2, 0.25) is 0 Å². The maximum atomic E-state index is 12.7. The van der Waals surface area contributed by atoms with Crippen molar-refractivity contribution in [2.24, 2.45) is 11.8 Å². The maximum Gasteiger partial charge on any atom is 0.274 e. The average molecular weight is 313 g/mol. The molecule has 3 aliphatic heterocycles. The number of carbonyl (C=O) groups excluding carboxylic acids is 1. The zero-order chi connectivity index (χ0) is 15.6. The lowest BCUT2D eigenvalue weighted by Gasteiger charge is -2.17. The molecular weight excluding hydrogens is 294 g/mol. The van der Waals surface area contributed by atoms with Crippen LogP contribution in [0, 0.1) is 18.8 Å². The standard InChI is InChI=1S/C17H19N3O3/c1-9-2-3-16(22-9)12-6-13(19-18-12)17(21)20-7-10-11(8-20)15-5-4-14(10)23-15/h2-3,6,10-11,14-15H,4-5,7-8H2,1H3,(H,18,19)/t10-,11+,14+,15-. The summed E-state index contributed by atoms with van der Waals surface area (Å²) in [5.74, 6) is 2.58. The zero-order valence-corrected chi connectivity index (χ0v) is 13.0. The molecular formula is C17H19N3O3. The number of aryl methyl sites for hydroxylation is 1. The molecule has 5 rings (SSSR count). The number of nitrogens with zero attached hydrogens (tertiary/aromatic N) is 2. The molecule has 1 N–H and O–H groups in total. The van der Waals surface area contributed by atoms with Crippen LogP contribution in [0.25, 0.3) is 11.5 Å². The van der Waals surface area contributed by atoms with Crippen molar-refractivity contribution in [2.45, 2.75) is 32.0 Å². The summed E-state index contributed by atoms with van der Waals surface area (Å²) in [6.07, 6.45) is 3.03. The Bertz CT molecular complexity index is 747. The SMILES string of the molecule is Cc1ccc(-c2cc(C(=O)N3C[C@@H]4[C@H](C3)[C@H]3CC[C@@H]4O3)n[nH]2)o1. The Hall–Kier alpha value is -2.08. The number of hydrogen-bond donors (Lipinski definition) is 1. The van der Waals surface area contributed by atoms with Crippen molar-refractivity contribution in [1.29, 1.82) is 0 Å². The molecule has 0 radical (unpaired) electrons. The van der Waals surface area contributed by atoms with E-state index in [4.69, 9.17) is 9.15 Å². The molecule has 2 aromatic rings. The normalized spacial score (nSPS) is 31.8. The van der Waals surface area contributed by atoms with Gasteiger partial charge in [0.15, 0.2) is 11.5 Å². The molecule has 0 spiro atoms. The quantitative estimate of drug-likeness (QED) is 0.923. The van der Waals surface area contributed by atoms with E-state index in [0.717, 1.165) is 37.4 Å². The largest absolute Gasteiger partial charge is 0.460 e. The highest BCUT2D eigenvalue weighted by Gasteiger charge is 2.53. The molecule has 1 amide bonds. The first-order chi connectivity index (χ1) is 11.2. The van der Waals surface area contributed by atoms with Crippen LogP contribution in [0.4, 0.5) is 0 Å². The number of hydrogen-bond acceptors (Lipinski definition) is 4. The third kappa shape index (κ3) is 1.97. The number of amides is 1. The van der Waals surface area contributed by atoms with E-state index in [0.29, 0.717) is 35.5 Å². The van der Waals surface area contributed by atoms with Crippen LogP contribution in [0.3, 0.4) is 0 Å². The van der Waals surface area contributed by atoms with Gasteiger partial charge in [0, 0.05) is 31.0 Å².